The van der Waals surface area contributed by atoms with Crippen LogP contribution < -0.4 is 5.32 Å². The lowest BCUT2D eigenvalue weighted by atomic mass is 10.0. The van der Waals surface area contributed by atoms with Gasteiger partial charge in [0.2, 0.25) is 0 Å². The third-order valence-corrected chi connectivity index (χ3v) is 3.80. The molecule has 1 aliphatic heterocycles. The Kier molecular flexibility index (Phi) is 6.39. The van der Waals surface area contributed by atoms with Gasteiger partial charge in [0.1, 0.15) is 5.56 Å². The number of nitrogens with one attached hydrogen (secondary N) is 1. The molecule has 0 atom stereocenters. The fourth-order valence-corrected chi connectivity index (χ4v) is 2.55. The Labute approximate surface area is 134 Å². The molecule has 0 aliphatic carbocycles. The van der Waals surface area contributed by atoms with Crippen LogP contribution in [0.5, 0.6) is 0 Å². The lowest BCUT2D eigenvalue weighted by Gasteiger charge is -2.31. The summed E-state index contributed by atoms with van der Waals surface area (Å²) in [6.45, 7) is 1.70. The fraction of sp³-hybridized carbons (Fsp3) is 0.462. The number of carbonyl (C=O) groups is 1. The first kappa shape index (κ1) is 17.7. The van der Waals surface area contributed by atoms with Gasteiger partial charge < -0.3 is 10.2 Å². The topological polar surface area (TPSA) is 75.5 Å². The zero-order valence-electron chi connectivity index (χ0n) is 11.5. The number of piperidine rings is 1. The van der Waals surface area contributed by atoms with Crippen molar-refractivity contribution in [2.24, 2.45) is 0 Å². The average molecular weight is 334 g/mol. The molecule has 116 valence electrons. The second-order valence-corrected chi connectivity index (χ2v) is 5.25. The highest BCUT2D eigenvalue weighted by Crippen LogP contribution is 2.25. The first-order valence-corrected chi connectivity index (χ1v) is 6.80. The van der Waals surface area contributed by atoms with Gasteiger partial charge in [-0.05, 0) is 38.1 Å². The van der Waals surface area contributed by atoms with Crippen molar-refractivity contribution in [2.45, 2.75) is 18.9 Å². The van der Waals surface area contributed by atoms with Gasteiger partial charge in [-0.15, -0.1) is 12.4 Å². The van der Waals surface area contributed by atoms with Crippen molar-refractivity contribution < 1.29 is 9.72 Å². The third-order valence-electron chi connectivity index (χ3n) is 3.56. The molecule has 21 heavy (non-hydrogen) atoms. The summed E-state index contributed by atoms with van der Waals surface area (Å²) in [4.78, 5) is 24.5. The van der Waals surface area contributed by atoms with Crippen molar-refractivity contribution in [3.05, 3.63) is 38.9 Å². The highest BCUT2D eigenvalue weighted by atomic mass is 35.5. The van der Waals surface area contributed by atoms with Crippen LogP contribution in [-0.2, 0) is 0 Å². The highest BCUT2D eigenvalue weighted by molar-refractivity contribution is 6.31. The highest BCUT2D eigenvalue weighted by Gasteiger charge is 2.28. The van der Waals surface area contributed by atoms with E-state index in [-0.39, 0.29) is 40.6 Å². The molecule has 1 aromatic rings. The predicted octanol–water partition coefficient (Wildman–Crippen LogP) is 2.49. The number of nitro benzene ring substituents is 1. The first-order chi connectivity index (χ1) is 9.50. The number of hydrogen-bond acceptors (Lipinski definition) is 4. The molecule has 0 saturated carbocycles. The number of hydrogen-bond donors (Lipinski definition) is 1. The Morgan fingerprint density at radius 2 is 2.05 bits per heavy atom. The van der Waals surface area contributed by atoms with E-state index in [9.17, 15) is 14.9 Å². The van der Waals surface area contributed by atoms with Crippen LogP contribution in [0.15, 0.2) is 18.2 Å². The summed E-state index contributed by atoms with van der Waals surface area (Å²) >= 11 is 5.76. The number of nitrogens with zero attached hydrogens (tertiary/aromatic N) is 2. The summed E-state index contributed by atoms with van der Waals surface area (Å²) in [6, 6.07) is 4.24. The molecule has 0 aromatic heterocycles. The van der Waals surface area contributed by atoms with Crippen LogP contribution in [0.2, 0.25) is 5.02 Å². The van der Waals surface area contributed by atoms with E-state index in [1.165, 1.54) is 18.2 Å². The van der Waals surface area contributed by atoms with Crippen LogP contribution in [0, 0.1) is 10.1 Å². The second kappa shape index (κ2) is 7.59. The molecule has 1 aromatic carbocycles. The zero-order chi connectivity index (χ0) is 14.7. The monoisotopic (exact) mass is 333 g/mol. The van der Waals surface area contributed by atoms with Gasteiger partial charge in [0, 0.05) is 24.2 Å². The number of benzene rings is 1. The smallest absolute Gasteiger partial charge is 0.283 e. The minimum absolute atomic E-state index is 0. The fourth-order valence-electron chi connectivity index (χ4n) is 2.39. The molecular formula is C13H17Cl2N3O3. The van der Waals surface area contributed by atoms with Gasteiger partial charge in [-0.1, -0.05) is 11.6 Å². The summed E-state index contributed by atoms with van der Waals surface area (Å²) in [5.41, 5.74) is -0.163. The van der Waals surface area contributed by atoms with Gasteiger partial charge in [-0.2, -0.15) is 0 Å². The summed E-state index contributed by atoms with van der Waals surface area (Å²) in [5, 5.41) is 14.5. The molecule has 1 heterocycles. The molecule has 1 aliphatic rings. The van der Waals surface area contributed by atoms with E-state index < -0.39 is 4.92 Å². The van der Waals surface area contributed by atoms with E-state index in [0.717, 1.165) is 25.9 Å². The van der Waals surface area contributed by atoms with Crippen LogP contribution in [0.4, 0.5) is 5.69 Å². The minimum Gasteiger partial charge on any atom is -0.338 e. The SMILES string of the molecule is CN(C(=O)c1ccc(Cl)cc1[N+](=O)[O-])C1CCNCC1.Cl. The van der Waals surface area contributed by atoms with E-state index in [0.29, 0.717) is 0 Å². The van der Waals surface area contributed by atoms with Gasteiger partial charge in [-0.3, -0.25) is 14.9 Å². The molecular weight excluding hydrogens is 317 g/mol. The van der Waals surface area contributed by atoms with Gasteiger partial charge in [0.05, 0.1) is 4.92 Å². The van der Waals surface area contributed by atoms with Crippen LogP contribution in [-0.4, -0.2) is 41.9 Å². The Hall–Kier alpha value is -1.37. The van der Waals surface area contributed by atoms with Gasteiger partial charge in [0.25, 0.3) is 11.6 Å². The zero-order valence-corrected chi connectivity index (χ0v) is 13.1. The quantitative estimate of drug-likeness (QED) is 0.681. The Morgan fingerprint density at radius 1 is 1.43 bits per heavy atom. The van der Waals surface area contributed by atoms with E-state index in [2.05, 4.69) is 5.32 Å². The Balaban J connectivity index is 0.00000220. The van der Waals surface area contributed by atoms with Crippen LogP contribution in [0.1, 0.15) is 23.2 Å². The predicted molar refractivity (Wildman–Crippen MR) is 83.3 cm³/mol. The lowest BCUT2D eigenvalue weighted by Crippen LogP contribution is -2.44. The summed E-state index contributed by atoms with van der Waals surface area (Å²) in [5.74, 6) is -0.333. The molecule has 1 fully saturated rings. The van der Waals surface area contributed by atoms with E-state index in [1.54, 1.807) is 11.9 Å². The number of halogens is 2. The largest absolute Gasteiger partial charge is 0.338 e. The van der Waals surface area contributed by atoms with Gasteiger partial charge in [-0.25, -0.2) is 0 Å². The van der Waals surface area contributed by atoms with Crippen LogP contribution in [0.3, 0.4) is 0 Å². The van der Waals surface area contributed by atoms with E-state index >= 15 is 0 Å². The minimum atomic E-state index is -0.574. The molecule has 0 unspecified atom stereocenters. The third kappa shape index (κ3) is 4.06. The molecule has 1 N–H and O–H groups in total. The Bertz CT molecular complexity index is 533. The summed E-state index contributed by atoms with van der Waals surface area (Å²) in [6.07, 6.45) is 1.70. The number of amides is 1. The second-order valence-electron chi connectivity index (χ2n) is 4.82. The number of nitro groups is 1. The van der Waals surface area contributed by atoms with Crippen molar-refractivity contribution in [1.82, 2.24) is 10.2 Å². The lowest BCUT2D eigenvalue weighted by molar-refractivity contribution is -0.385. The number of carbonyl (C=O) groups excluding carboxylic acids is 1. The van der Waals surface area contributed by atoms with Crippen molar-refractivity contribution >= 4 is 35.6 Å². The van der Waals surface area contributed by atoms with E-state index in [1.807, 2.05) is 0 Å². The molecule has 8 heteroatoms. The van der Waals surface area contributed by atoms with Crippen molar-refractivity contribution in [1.29, 1.82) is 0 Å². The van der Waals surface area contributed by atoms with Crippen molar-refractivity contribution in [3.8, 4) is 0 Å². The van der Waals surface area contributed by atoms with Crippen LogP contribution in [0.25, 0.3) is 0 Å². The maximum absolute atomic E-state index is 12.4. The molecule has 1 amide bonds. The van der Waals surface area contributed by atoms with Gasteiger partial charge in [0.15, 0.2) is 0 Å². The normalized spacial score (nSPS) is 15.1. The van der Waals surface area contributed by atoms with Gasteiger partial charge >= 0.3 is 0 Å². The van der Waals surface area contributed by atoms with Crippen LogP contribution >= 0.6 is 24.0 Å². The molecule has 0 spiro atoms. The average Bonchev–Trinajstić information content (AvgIpc) is 2.46. The molecule has 0 bridgehead atoms. The molecule has 6 nitrogen and oxygen atoms in total. The molecule has 0 radical (unpaired) electrons. The molecule has 2 rings (SSSR count). The van der Waals surface area contributed by atoms with Crippen molar-refractivity contribution in [3.63, 3.8) is 0 Å². The summed E-state index contributed by atoms with van der Waals surface area (Å²) in [7, 11) is 1.69. The number of rotatable bonds is 3. The van der Waals surface area contributed by atoms with E-state index in [4.69, 9.17) is 11.6 Å². The maximum atomic E-state index is 12.4. The maximum Gasteiger partial charge on any atom is 0.283 e. The van der Waals surface area contributed by atoms with Crippen molar-refractivity contribution in [2.75, 3.05) is 20.1 Å². The standard InChI is InChI=1S/C13H16ClN3O3.ClH/c1-16(10-4-6-15-7-5-10)13(18)11-3-2-9(14)8-12(11)17(19)20;/h2-3,8,10,15H,4-7H2,1H3;1H. The molecule has 1 saturated heterocycles. The summed E-state index contributed by atoms with van der Waals surface area (Å²) < 4.78 is 0. The first-order valence-electron chi connectivity index (χ1n) is 6.42. The Morgan fingerprint density at radius 3 is 2.62 bits per heavy atom.